The minimum atomic E-state index is -1.18. The summed E-state index contributed by atoms with van der Waals surface area (Å²) in [5, 5.41) is 13.3. The maximum Gasteiger partial charge on any atom is 0.411 e. The number of carbonyl (C=O) groups excluding carboxylic acids is 2. The van der Waals surface area contributed by atoms with Crippen molar-refractivity contribution in [3.8, 4) is 5.75 Å². The van der Waals surface area contributed by atoms with Crippen LogP contribution in [0.1, 0.15) is 60.1 Å². The number of ether oxygens (including phenoxy) is 2. The lowest BCUT2D eigenvalue weighted by Crippen LogP contribution is -2.50. The molecule has 4 rings (SSSR count). The number of thiazole rings is 1. The Hall–Kier alpha value is -3.92. The number of hydrogen-bond donors (Lipinski definition) is 2. The van der Waals surface area contributed by atoms with Crippen LogP contribution < -0.4 is 10.1 Å². The van der Waals surface area contributed by atoms with E-state index in [4.69, 9.17) is 9.47 Å². The topological polar surface area (TPSA) is 118 Å². The first kappa shape index (κ1) is 27.1. The van der Waals surface area contributed by atoms with Crippen LogP contribution in [0, 0.1) is 0 Å². The maximum absolute atomic E-state index is 12.9. The van der Waals surface area contributed by atoms with E-state index in [1.165, 1.54) is 16.2 Å². The largest absolute Gasteiger partial charge is 0.493 e. The second-order valence-electron chi connectivity index (χ2n) is 10.1. The summed E-state index contributed by atoms with van der Waals surface area (Å²) in [7, 11) is 0. The smallest absolute Gasteiger partial charge is 0.411 e. The average molecular weight is 538 g/mol. The van der Waals surface area contributed by atoms with Gasteiger partial charge in [0.1, 0.15) is 11.4 Å². The van der Waals surface area contributed by atoms with Crippen molar-refractivity contribution in [2.24, 2.45) is 0 Å². The maximum atomic E-state index is 12.9. The summed E-state index contributed by atoms with van der Waals surface area (Å²) in [4.78, 5) is 44.0. The molecule has 0 fully saturated rings. The van der Waals surface area contributed by atoms with Gasteiger partial charge in [-0.1, -0.05) is 24.3 Å². The van der Waals surface area contributed by atoms with Crippen LogP contribution in [-0.4, -0.2) is 51.2 Å². The van der Waals surface area contributed by atoms with Crippen LogP contribution >= 0.6 is 11.3 Å². The van der Waals surface area contributed by atoms with Gasteiger partial charge < -0.3 is 14.6 Å². The van der Waals surface area contributed by atoms with E-state index in [0.29, 0.717) is 41.5 Å². The summed E-state index contributed by atoms with van der Waals surface area (Å²) in [6, 6.07) is 12.8. The molecular weight excluding hydrogens is 506 g/mol. The molecule has 0 saturated heterocycles. The van der Waals surface area contributed by atoms with Gasteiger partial charge in [0, 0.05) is 29.1 Å². The molecule has 2 amide bonds. The summed E-state index contributed by atoms with van der Waals surface area (Å²) < 4.78 is 11.4. The fraction of sp³-hybridized carbons (Fsp3) is 0.357. The molecular formula is C28H31N3O6S. The molecule has 3 aromatic rings. The van der Waals surface area contributed by atoms with Crippen molar-refractivity contribution in [1.82, 2.24) is 9.88 Å². The van der Waals surface area contributed by atoms with Crippen molar-refractivity contribution < 1.29 is 29.0 Å². The minimum Gasteiger partial charge on any atom is -0.493 e. The van der Waals surface area contributed by atoms with Crippen LogP contribution in [0.4, 0.5) is 9.93 Å². The number of rotatable bonds is 7. The number of anilines is 1. The molecule has 0 radical (unpaired) electrons. The number of carbonyl (C=O) groups is 3. The molecule has 200 valence electrons. The molecule has 1 aliphatic rings. The molecule has 9 nitrogen and oxygen atoms in total. The minimum absolute atomic E-state index is 0.223. The predicted molar refractivity (Wildman–Crippen MR) is 144 cm³/mol. The summed E-state index contributed by atoms with van der Waals surface area (Å²) in [5.74, 6) is -0.842. The van der Waals surface area contributed by atoms with Crippen molar-refractivity contribution in [3.05, 3.63) is 76.3 Å². The van der Waals surface area contributed by atoms with E-state index in [1.807, 2.05) is 25.1 Å². The third kappa shape index (κ3) is 6.49. The number of benzene rings is 2. The van der Waals surface area contributed by atoms with Gasteiger partial charge in [-0.25, -0.2) is 14.6 Å². The first-order valence-corrected chi connectivity index (χ1v) is 13.1. The summed E-state index contributed by atoms with van der Waals surface area (Å²) in [5.41, 5.74) is 1.19. The highest BCUT2D eigenvalue weighted by atomic mass is 32.1. The zero-order chi connectivity index (χ0) is 27.4. The van der Waals surface area contributed by atoms with Gasteiger partial charge in [-0.15, -0.1) is 11.3 Å². The lowest BCUT2D eigenvalue weighted by Gasteiger charge is -2.40. The van der Waals surface area contributed by atoms with E-state index in [2.05, 4.69) is 10.3 Å². The lowest BCUT2D eigenvalue weighted by molar-refractivity contribution is -0.144. The molecule has 2 atom stereocenters. The second-order valence-corrected chi connectivity index (χ2v) is 11.2. The van der Waals surface area contributed by atoms with Crippen LogP contribution in [0.5, 0.6) is 5.75 Å². The lowest BCUT2D eigenvalue weighted by atomic mass is 9.88. The molecule has 0 aliphatic carbocycles. The van der Waals surface area contributed by atoms with E-state index in [1.54, 1.807) is 57.3 Å². The van der Waals surface area contributed by atoms with Gasteiger partial charge in [0.05, 0.1) is 6.61 Å². The fourth-order valence-electron chi connectivity index (χ4n) is 4.29. The van der Waals surface area contributed by atoms with Gasteiger partial charge in [-0.2, -0.15) is 0 Å². The number of aromatic nitrogens is 1. The Morgan fingerprint density at radius 3 is 2.58 bits per heavy atom. The fourth-order valence-corrected chi connectivity index (χ4v) is 5.07. The number of aliphatic carboxylic acids is 1. The highest BCUT2D eigenvalue weighted by molar-refractivity contribution is 7.15. The molecule has 1 unspecified atom stereocenters. The van der Waals surface area contributed by atoms with Gasteiger partial charge in [0.25, 0.3) is 5.91 Å². The molecule has 2 heterocycles. The van der Waals surface area contributed by atoms with Crippen LogP contribution in [0.25, 0.3) is 0 Å². The zero-order valence-electron chi connectivity index (χ0n) is 21.8. The Morgan fingerprint density at radius 2 is 1.89 bits per heavy atom. The SMILES string of the molecule is C[C@H]1Cc2ccc(OCCc3cnc(NC(=O)c4ccccc4)s3)cc2C(C(=O)O)N1C(=O)OC(C)(C)C. The first-order chi connectivity index (χ1) is 18.0. The van der Waals surface area contributed by atoms with Gasteiger partial charge in [0.15, 0.2) is 11.2 Å². The van der Waals surface area contributed by atoms with Gasteiger partial charge >= 0.3 is 12.1 Å². The van der Waals surface area contributed by atoms with Crippen LogP contribution in [0.2, 0.25) is 0 Å². The summed E-state index contributed by atoms with van der Waals surface area (Å²) in [6.07, 6.45) is 2.10. The highest BCUT2D eigenvalue weighted by Gasteiger charge is 2.42. The Bertz CT molecular complexity index is 1320. The molecule has 0 bridgehead atoms. The number of carboxylic acids is 1. The monoisotopic (exact) mass is 537 g/mol. The number of nitrogens with zero attached hydrogens (tertiary/aromatic N) is 2. The van der Waals surface area contributed by atoms with E-state index in [-0.39, 0.29) is 11.9 Å². The molecule has 2 aromatic carbocycles. The number of hydrogen-bond acceptors (Lipinski definition) is 7. The third-order valence-corrected chi connectivity index (χ3v) is 6.92. The van der Waals surface area contributed by atoms with Crippen LogP contribution in [-0.2, 0) is 22.4 Å². The van der Waals surface area contributed by atoms with E-state index in [9.17, 15) is 19.5 Å². The molecule has 1 aliphatic heterocycles. The number of fused-ring (bicyclic) bond motifs is 1. The molecule has 10 heteroatoms. The average Bonchev–Trinajstić information content (AvgIpc) is 3.29. The van der Waals surface area contributed by atoms with E-state index >= 15 is 0 Å². The zero-order valence-corrected chi connectivity index (χ0v) is 22.6. The predicted octanol–water partition coefficient (Wildman–Crippen LogP) is 5.32. The van der Waals surface area contributed by atoms with Gasteiger partial charge in [0.2, 0.25) is 0 Å². The van der Waals surface area contributed by atoms with Crippen molar-refractivity contribution >= 4 is 34.4 Å². The number of nitrogens with one attached hydrogen (secondary N) is 1. The molecule has 38 heavy (non-hydrogen) atoms. The van der Waals surface area contributed by atoms with Crippen molar-refractivity contribution in [2.45, 2.75) is 58.2 Å². The van der Waals surface area contributed by atoms with Crippen molar-refractivity contribution in [3.63, 3.8) is 0 Å². The molecule has 2 N–H and O–H groups in total. The normalized spacial score (nSPS) is 16.9. The van der Waals surface area contributed by atoms with Crippen LogP contribution in [0.3, 0.4) is 0 Å². The molecule has 0 saturated carbocycles. The summed E-state index contributed by atoms with van der Waals surface area (Å²) >= 11 is 1.37. The quantitative estimate of drug-likeness (QED) is 0.419. The Balaban J connectivity index is 1.41. The Labute approximate surface area is 225 Å². The molecule has 1 aromatic heterocycles. The van der Waals surface area contributed by atoms with E-state index in [0.717, 1.165) is 10.4 Å². The van der Waals surface area contributed by atoms with Crippen LogP contribution in [0.15, 0.2) is 54.7 Å². The number of carboxylic acid groups (broad SMARTS) is 1. The third-order valence-electron chi connectivity index (χ3n) is 5.95. The Morgan fingerprint density at radius 1 is 1.16 bits per heavy atom. The first-order valence-electron chi connectivity index (χ1n) is 12.3. The second kappa shape index (κ2) is 11.2. The van der Waals surface area contributed by atoms with Gasteiger partial charge in [-0.05, 0) is 69.5 Å². The van der Waals surface area contributed by atoms with Gasteiger partial charge in [-0.3, -0.25) is 15.0 Å². The number of amides is 2. The van der Waals surface area contributed by atoms with Crippen molar-refractivity contribution in [2.75, 3.05) is 11.9 Å². The molecule has 0 spiro atoms. The Kier molecular flexibility index (Phi) is 8.01. The van der Waals surface area contributed by atoms with E-state index < -0.39 is 23.7 Å². The summed E-state index contributed by atoms with van der Waals surface area (Å²) in [6.45, 7) is 7.39. The standard InChI is InChI=1S/C28H31N3O6S/c1-17-14-19-10-11-20(15-22(19)23(25(33)34)31(17)27(35)37-28(2,3)4)36-13-12-21-16-29-26(38-21)30-24(32)18-8-6-5-7-9-18/h5-11,15-17,23H,12-14H2,1-4H3,(H,33,34)(H,29,30,32)/t17-,23?/m0/s1. The van der Waals surface area contributed by atoms with Crippen molar-refractivity contribution in [1.29, 1.82) is 0 Å². The highest BCUT2D eigenvalue weighted by Crippen LogP contribution is 2.36.